The Morgan fingerprint density at radius 1 is 1.33 bits per heavy atom. The van der Waals surface area contributed by atoms with E-state index in [9.17, 15) is 0 Å². The summed E-state index contributed by atoms with van der Waals surface area (Å²) in [5.41, 5.74) is 4.12. The number of H-pyrrole nitrogens is 1. The molecule has 1 aliphatic rings. The molecule has 0 aliphatic carbocycles. The predicted octanol–water partition coefficient (Wildman–Crippen LogP) is 2.85. The molecule has 4 rings (SSSR count). The van der Waals surface area contributed by atoms with Crippen LogP contribution in [0.15, 0.2) is 29.9 Å². The first-order chi connectivity index (χ1) is 10.4. The summed E-state index contributed by atoms with van der Waals surface area (Å²) < 4.78 is 4.47. The van der Waals surface area contributed by atoms with Gasteiger partial charge in [-0.25, -0.2) is 4.98 Å². The molecule has 1 saturated heterocycles. The third-order valence-corrected chi connectivity index (χ3v) is 4.51. The maximum atomic E-state index is 4.50. The number of hydrogen-bond donors (Lipinski definition) is 3. The minimum atomic E-state index is 0.455. The molecular weight excluding hydrogens is 282 g/mol. The lowest BCUT2D eigenvalue weighted by Crippen LogP contribution is -2.38. The van der Waals surface area contributed by atoms with E-state index in [1.54, 1.807) is 0 Å². The van der Waals surface area contributed by atoms with Crippen LogP contribution in [0.5, 0.6) is 0 Å². The average molecular weight is 299 g/mol. The summed E-state index contributed by atoms with van der Waals surface area (Å²) in [6.45, 7) is 2.12. The van der Waals surface area contributed by atoms with Crippen LogP contribution in [-0.2, 0) is 0 Å². The van der Waals surface area contributed by atoms with Gasteiger partial charge in [0.2, 0.25) is 0 Å². The highest BCUT2D eigenvalue weighted by atomic mass is 32.1. The van der Waals surface area contributed by atoms with Crippen LogP contribution in [-0.4, -0.2) is 33.5 Å². The molecule has 0 bridgehead atoms. The second-order valence-electron chi connectivity index (χ2n) is 5.36. The number of fused-ring (bicyclic) bond motifs is 1. The number of hydrogen-bond acceptors (Lipinski definition) is 5. The third kappa shape index (κ3) is 2.41. The minimum absolute atomic E-state index is 0.455. The Morgan fingerprint density at radius 2 is 2.33 bits per heavy atom. The van der Waals surface area contributed by atoms with Crippen LogP contribution in [0.3, 0.4) is 0 Å². The molecule has 108 valence electrons. The molecule has 1 atom stereocenters. The molecule has 0 radical (unpaired) electrons. The van der Waals surface area contributed by atoms with E-state index >= 15 is 0 Å². The van der Waals surface area contributed by atoms with Crippen molar-refractivity contribution >= 4 is 28.3 Å². The van der Waals surface area contributed by atoms with Crippen LogP contribution in [0.1, 0.15) is 12.8 Å². The number of aromatic nitrogens is 3. The highest BCUT2D eigenvalue weighted by molar-refractivity contribution is 7.03. The summed E-state index contributed by atoms with van der Waals surface area (Å²) in [4.78, 5) is 7.69. The largest absolute Gasteiger partial charge is 0.380 e. The third-order valence-electron chi connectivity index (χ3n) is 3.95. The number of aromatic amines is 1. The first-order valence-electron chi connectivity index (χ1n) is 7.26. The Balaban J connectivity index is 1.79. The molecule has 3 aromatic rings. The van der Waals surface area contributed by atoms with Crippen molar-refractivity contribution in [3.05, 3.63) is 29.9 Å². The SMILES string of the molecule is c1cc2c(NC3CCCNC3)c(-c3ccsn3)cnc2[nH]1. The maximum Gasteiger partial charge on any atom is 0.139 e. The fourth-order valence-corrected chi connectivity index (χ4v) is 3.41. The predicted molar refractivity (Wildman–Crippen MR) is 86.7 cm³/mol. The first-order valence-corrected chi connectivity index (χ1v) is 8.09. The number of nitrogens with zero attached hydrogens (tertiary/aromatic N) is 2. The van der Waals surface area contributed by atoms with E-state index < -0.39 is 0 Å². The highest BCUT2D eigenvalue weighted by Crippen LogP contribution is 2.33. The van der Waals surface area contributed by atoms with E-state index in [4.69, 9.17) is 0 Å². The van der Waals surface area contributed by atoms with E-state index in [1.807, 2.05) is 23.8 Å². The van der Waals surface area contributed by atoms with Crippen LogP contribution in [0.25, 0.3) is 22.3 Å². The van der Waals surface area contributed by atoms with Crippen molar-refractivity contribution in [2.24, 2.45) is 0 Å². The molecule has 21 heavy (non-hydrogen) atoms. The van der Waals surface area contributed by atoms with Gasteiger partial charge in [0, 0.05) is 41.3 Å². The second-order valence-corrected chi connectivity index (χ2v) is 6.02. The average Bonchev–Trinajstić information content (AvgIpc) is 3.20. The topological polar surface area (TPSA) is 65.6 Å². The van der Waals surface area contributed by atoms with Gasteiger partial charge < -0.3 is 15.6 Å². The molecule has 1 unspecified atom stereocenters. The van der Waals surface area contributed by atoms with Gasteiger partial charge in [0.05, 0.1) is 11.4 Å². The van der Waals surface area contributed by atoms with Crippen LogP contribution in [0, 0.1) is 0 Å². The summed E-state index contributed by atoms with van der Waals surface area (Å²) in [5.74, 6) is 0. The van der Waals surface area contributed by atoms with Crippen molar-refractivity contribution in [3.8, 4) is 11.3 Å². The Labute approximate surface area is 127 Å². The lowest BCUT2D eigenvalue weighted by Gasteiger charge is -2.26. The van der Waals surface area contributed by atoms with Gasteiger partial charge in [-0.1, -0.05) is 0 Å². The number of rotatable bonds is 3. The standard InChI is InChI=1S/C15H17N5S/c1-2-10(8-16-5-1)19-14-11-3-6-17-15(11)18-9-12(14)13-4-7-21-20-13/h3-4,6-7,9-10,16H,1-2,5,8H2,(H2,17,18,19). The number of piperidine rings is 1. The van der Waals surface area contributed by atoms with Crippen molar-refractivity contribution in [3.63, 3.8) is 0 Å². The van der Waals surface area contributed by atoms with Gasteiger partial charge >= 0.3 is 0 Å². The lowest BCUT2D eigenvalue weighted by atomic mass is 10.0. The van der Waals surface area contributed by atoms with E-state index in [2.05, 4.69) is 31.0 Å². The van der Waals surface area contributed by atoms with Crippen molar-refractivity contribution in [1.82, 2.24) is 19.7 Å². The fraction of sp³-hybridized carbons (Fsp3) is 0.333. The second kappa shape index (κ2) is 5.46. The van der Waals surface area contributed by atoms with Crippen LogP contribution in [0.2, 0.25) is 0 Å². The summed E-state index contributed by atoms with van der Waals surface area (Å²) in [7, 11) is 0. The molecule has 4 heterocycles. The molecule has 0 amide bonds. The fourth-order valence-electron chi connectivity index (χ4n) is 2.89. The van der Waals surface area contributed by atoms with Crippen LogP contribution in [0.4, 0.5) is 5.69 Å². The van der Waals surface area contributed by atoms with Gasteiger partial charge in [0.1, 0.15) is 5.65 Å². The first kappa shape index (κ1) is 12.8. The molecule has 0 aromatic carbocycles. The Morgan fingerprint density at radius 3 is 3.14 bits per heavy atom. The van der Waals surface area contributed by atoms with Gasteiger partial charge in [0.15, 0.2) is 0 Å². The Kier molecular flexibility index (Phi) is 3.33. The van der Waals surface area contributed by atoms with E-state index in [-0.39, 0.29) is 0 Å². The molecule has 5 nitrogen and oxygen atoms in total. The molecule has 6 heteroatoms. The Bertz CT molecular complexity index is 728. The maximum absolute atomic E-state index is 4.50. The summed E-state index contributed by atoms with van der Waals surface area (Å²) >= 11 is 1.47. The molecule has 3 aromatic heterocycles. The number of anilines is 1. The summed E-state index contributed by atoms with van der Waals surface area (Å²) in [6.07, 6.45) is 6.25. The van der Waals surface area contributed by atoms with Crippen molar-refractivity contribution in [2.45, 2.75) is 18.9 Å². The highest BCUT2D eigenvalue weighted by Gasteiger charge is 2.18. The summed E-state index contributed by atoms with van der Waals surface area (Å²) in [6, 6.07) is 4.58. The number of pyridine rings is 1. The zero-order valence-electron chi connectivity index (χ0n) is 11.6. The molecule has 0 spiro atoms. The monoisotopic (exact) mass is 299 g/mol. The van der Waals surface area contributed by atoms with E-state index in [1.165, 1.54) is 24.4 Å². The normalized spacial score (nSPS) is 19.0. The van der Waals surface area contributed by atoms with Gasteiger partial charge in [-0.15, -0.1) is 0 Å². The van der Waals surface area contributed by atoms with Crippen molar-refractivity contribution < 1.29 is 0 Å². The van der Waals surface area contributed by atoms with Crippen molar-refractivity contribution in [2.75, 3.05) is 18.4 Å². The van der Waals surface area contributed by atoms with Gasteiger partial charge in [0.25, 0.3) is 0 Å². The van der Waals surface area contributed by atoms with Crippen LogP contribution < -0.4 is 10.6 Å². The molecule has 0 saturated carbocycles. The molecule has 1 fully saturated rings. The molecular formula is C15H17N5S. The van der Waals surface area contributed by atoms with Gasteiger partial charge in [-0.2, -0.15) is 4.37 Å². The molecule has 1 aliphatic heterocycles. The minimum Gasteiger partial charge on any atom is -0.380 e. The van der Waals surface area contributed by atoms with E-state index in [0.29, 0.717) is 6.04 Å². The zero-order chi connectivity index (χ0) is 14.1. The molecule has 3 N–H and O–H groups in total. The Hall–Kier alpha value is -1.92. The van der Waals surface area contributed by atoms with Gasteiger partial charge in [-0.3, -0.25) is 0 Å². The zero-order valence-corrected chi connectivity index (χ0v) is 12.4. The quantitative estimate of drug-likeness (QED) is 0.696. The van der Waals surface area contributed by atoms with Gasteiger partial charge in [-0.05, 0) is 43.1 Å². The van der Waals surface area contributed by atoms with Crippen LogP contribution >= 0.6 is 11.5 Å². The summed E-state index contributed by atoms with van der Waals surface area (Å²) in [5, 5.41) is 10.3. The number of nitrogens with one attached hydrogen (secondary N) is 3. The lowest BCUT2D eigenvalue weighted by molar-refractivity contribution is 0.480. The van der Waals surface area contributed by atoms with E-state index in [0.717, 1.165) is 41.1 Å². The van der Waals surface area contributed by atoms with Crippen molar-refractivity contribution in [1.29, 1.82) is 0 Å². The smallest absolute Gasteiger partial charge is 0.139 e.